The van der Waals surface area contributed by atoms with Crippen molar-refractivity contribution in [3.05, 3.63) is 29.8 Å². The zero-order chi connectivity index (χ0) is 18.0. The van der Waals surface area contributed by atoms with Gasteiger partial charge in [-0.2, -0.15) is 0 Å². The van der Waals surface area contributed by atoms with Crippen LogP contribution in [0.3, 0.4) is 0 Å². The fraction of sp³-hybridized carbons (Fsp3) is 0.611. The Labute approximate surface area is 144 Å². The maximum atomic E-state index is 12.6. The van der Waals surface area contributed by atoms with Gasteiger partial charge in [0.25, 0.3) is 5.91 Å². The van der Waals surface area contributed by atoms with Crippen molar-refractivity contribution in [3.63, 3.8) is 0 Å². The van der Waals surface area contributed by atoms with Gasteiger partial charge in [0.05, 0.1) is 11.2 Å². The molecule has 1 saturated heterocycles. The first-order valence-electron chi connectivity index (χ1n) is 8.59. The van der Waals surface area contributed by atoms with E-state index in [-0.39, 0.29) is 5.91 Å². The van der Waals surface area contributed by atoms with Gasteiger partial charge in [-0.05, 0) is 64.6 Å². The zero-order valence-corrected chi connectivity index (χ0v) is 15.1. The lowest BCUT2D eigenvalue weighted by Gasteiger charge is -2.38. The van der Waals surface area contributed by atoms with E-state index in [9.17, 15) is 14.9 Å². The number of rotatable bonds is 5. The topological polar surface area (TPSA) is 70.0 Å². The van der Waals surface area contributed by atoms with Crippen LogP contribution in [0.25, 0.3) is 0 Å². The molecule has 0 spiro atoms. The Balaban J connectivity index is 2.13. The van der Waals surface area contributed by atoms with Crippen LogP contribution >= 0.6 is 0 Å². The standard InChI is InChI=1S/C18H28BNO4/c1-17(2,22)18(3,4)24-19(23)15-10-8-9-14(13-15)16(21)20-11-6-5-7-12-20/h8-10,13,22-23H,5-7,11-12H2,1-4H3. The van der Waals surface area contributed by atoms with Crippen LogP contribution in [-0.4, -0.2) is 52.3 Å². The molecule has 1 amide bonds. The summed E-state index contributed by atoms with van der Waals surface area (Å²) in [6.07, 6.45) is 3.25. The van der Waals surface area contributed by atoms with E-state index < -0.39 is 18.3 Å². The number of benzene rings is 1. The van der Waals surface area contributed by atoms with Crippen molar-refractivity contribution in [2.45, 2.75) is 58.2 Å². The fourth-order valence-electron chi connectivity index (χ4n) is 2.60. The molecule has 0 unspecified atom stereocenters. The second-order valence-corrected chi connectivity index (χ2v) is 7.52. The molecule has 24 heavy (non-hydrogen) atoms. The third kappa shape index (κ3) is 4.38. The van der Waals surface area contributed by atoms with Crippen LogP contribution in [0.15, 0.2) is 24.3 Å². The lowest BCUT2D eigenvalue weighted by molar-refractivity contribution is -0.0982. The average Bonchev–Trinajstić information content (AvgIpc) is 2.53. The molecule has 1 fully saturated rings. The molecular weight excluding hydrogens is 305 g/mol. The van der Waals surface area contributed by atoms with Gasteiger partial charge in [0, 0.05) is 18.7 Å². The molecule has 0 aliphatic carbocycles. The molecule has 0 atom stereocenters. The van der Waals surface area contributed by atoms with Crippen LogP contribution in [0.4, 0.5) is 0 Å². The number of nitrogens with zero attached hydrogens (tertiary/aromatic N) is 1. The predicted molar refractivity (Wildman–Crippen MR) is 95.3 cm³/mol. The zero-order valence-electron chi connectivity index (χ0n) is 15.1. The highest BCUT2D eigenvalue weighted by atomic mass is 16.5. The summed E-state index contributed by atoms with van der Waals surface area (Å²) in [7, 11) is -1.21. The Bertz CT molecular complexity index is 577. The summed E-state index contributed by atoms with van der Waals surface area (Å²) in [4.78, 5) is 14.4. The summed E-state index contributed by atoms with van der Waals surface area (Å²) in [5, 5.41) is 20.5. The number of aliphatic hydroxyl groups is 1. The van der Waals surface area contributed by atoms with Gasteiger partial charge in [-0.25, -0.2) is 0 Å². The minimum atomic E-state index is -1.21. The van der Waals surface area contributed by atoms with Crippen LogP contribution in [0, 0.1) is 0 Å². The number of amides is 1. The van der Waals surface area contributed by atoms with Crippen LogP contribution in [0.2, 0.25) is 0 Å². The summed E-state index contributed by atoms with van der Waals surface area (Å²) < 4.78 is 5.65. The van der Waals surface area contributed by atoms with Crippen LogP contribution < -0.4 is 5.46 Å². The van der Waals surface area contributed by atoms with Gasteiger partial charge in [0.2, 0.25) is 0 Å². The minimum Gasteiger partial charge on any atom is -0.423 e. The third-order valence-corrected chi connectivity index (χ3v) is 4.94. The van der Waals surface area contributed by atoms with Gasteiger partial charge < -0.3 is 19.7 Å². The van der Waals surface area contributed by atoms with E-state index >= 15 is 0 Å². The molecule has 0 bridgehead atoms. The molecule has 0 radical (unpaired) electrons. The Hall–Kier alpha value is -1.37. The maximum absolute atomic E-state index is 12.6. The highest BCUT2D eigenvalue weighted by molar-refractivity contribution is 6.60. The fourth-order valence-corrected chi connectivity index (χ4v) is 2.60. The molecule has 5 nitrogen and oxygen atoms in total. The molecule has 2 rings (SSSR count). The highest BCUT2D eigenvalue weighted by Crippen LogP contribution is 2.25. The molecule has 0 aromatic heterocycles. The highest BCUT2D eigenvalue weighted by Gasteiger charge is 2.39. The van der Waals surface area contributed by atoms with Gasteiger partial charge in [-0.15, -0.1) is 0 Å². The summed E-state index contributed by atoms with van der Waals surface area (Å²) >= 11 is 0. The first kappa shape index (κ1) is 19.0. The molecule has 1 heterocycles. The summed E-state index contributed by atoms with van der Waals surface area (Å²) in [5.41, 5.74) is -0.998. The van der Waals surface area contributed by atoms with Crippen molar-refractivity contribution >= 4 is 18.5 Å². The van der Waals surface area contributed by atoms with Gasteiger partial charge in [-0.1, -0.05) is 12.1 Å². The summed E-state index contributed by atoms with van der Waals surface area (Å²) in [5.74, 6) is -0.00880. The number of carbonyl (C=O) groups is 1. The number of likely N-dealkylation sites (tertiary alicyclic amines) is 1. The third-order valence-electron chi connectivity index (χ3n) is 4.94. The van der Waals surface area contributed by atoms with Crippen molar-refractivity contribution < 1.29 is 19.6 Å². The second kappa shape index (κ2) is 7.25. The average molecular weight is 333 g/mol. The number of piperidine rings is 1. The first-order chi connectivity index (χ1) is 11.1. The normalized spacial score (nSPS) is 16.2. The van der Waals surface area contributed by atoms with Crippen molar-refractivity contribution in [1.29, 1.82) is 0 Å². The molecule has 1 aliphatic heterocycles. The first-order valence-corrected chi connectivity index (χ1v) is 8.59. The smallest absolute Gasteiger partial charge is 0.423 e. The van der Waals surface area contributed by atoms with E-state index in [4.69, 9.17) is 4.65 Å². The molecule has 1 aromatic carbocycles. The van der Waals surface area contributed by atoms with Gasteiger partial charge in [0.1, 0.15) is 0 Å². The van der Waals surface area contributed by atoms with Gasteiger partial charge in [-0.3, -0.25) is 4.79 Å². The van der Waals surface area contributed by atoms with Crippen molar-refractivity contribution in [1.82, 2.24) is 4.90 Å². The Kier molecular flexibility index (Phi) is 5.73. The molecule has 1 aromatic rings. The Morgan fingerprint density at radius 3 is 2.38 bits per heavy atom. The quantitative estimate of drug-likeness (QED) is 0.803. The van der Waals surface area contributed by atoms with Crippen molar-refractivity contribution in [3.8, 4) is 0 Å². The molecule has 132 valence electrons. The van der Waals surface area contributed by atoms with Crippen LogP contribution in [-0.2, 0) is 4.65 Å². The Morgan fingerprint density at radius 2 is 1.79 bits per heavy atom. The van der Waals surface area contributed by atoms with E-state index in [1.807, 2.05) is 4.90 Å². The van der Waals surface area contributed by atoms with E-state index in [1.54, 1.807) is 52.0 Å². The van der Waals surface area contributed by atoms with Gasteiger partial charge >= 0.3 is 7.12 Å². The lowest BCUT2D eigenvalue weighted by Crippen LogP contribution is -2.53. The van der Waals surface area contributed by atoms with E-state index in [0.29, 0.717) is 11.0 Å². The SMILES string of the molecule is CC(C)(O)C(C)(C)OB(O)c1cccc(C(=O)N2CCCCC2)c1. The second-order valence-electron chi connectivity index (χ2n) is 7.52. The predicted octanol–water partition coefficient (Wildman–Crippen LogP) is 1.57. The number of carbonyl (C=O) groups excluding carboxylic acids is 1. The molecule has 0 saturated carbocycles. The largest absolute Gasteiger partial charge is 0.491 e. The van der Waals surface area contributed by atoms with E-state index in [0.717, 1.165) is 25.9 Å². The molecule has 2 N–H and O–H groups in total. The van der Waals surface area contributed by atoms with Crippen LogP contribution in [0.5, 0.6) is 0 Å². The number of hydrogen-bond donors (Lipinski definition) is 2. The van der Waals surface area contributed by atoms with Crippen molar-refractivity contribution in [2.75, 3.05) is 13.1 Å². The van der Waals surface area contributed by atoms with E-state index in [1.165, 1.54) is 6.42 Å². The lowest BCUT2D eigenvalue weighted by atomic mass is 9.76. The monoisotopic (exact) mass is 333 g/mol. The van der Waals surface area contributed by atoms with Gasteiger partial charge in [0.15, 0.2) is 0 Å². The van der Waals surface area contributed by atoms with Crippen molar-refractivity contribution in [2.24, 2.45) is 0 Å². The Morgan fingerprint density at radius 1 is 1.17 bits per heavy atom. The maximum Gasteiger partial charge on any atom is 0.491 e. The molecule has 1 aliphatic rings. The molecule has 6 heteroatoms. The molecular formula is C18H28BNO4. The van der Waals surface area contributed by atoms with Crippen LogP contribution in [0.1, 0.15) is 57.3 Å². The minimum absolute atomic E-state index is 0.00880. The number of hydrogen-bond acceptors (Lipinski definition) is 4. The van der Waals surface area contributed by atoms with E-state index in [2.05, 4.69) is 0 Å². The summed E-state index contributed by atoms with van der Waals surface area (Å²) in [6.45, 7) is 8.28. The summed E-state index contributed by atoms with van der Waals surface area (Å²) in [6, 6.07) is 6.89.